The Balaban J connectivity index is 2.05. The van der Waals surface area contributed by atoms with Gasteiger partial charge < -0.3 is 10.2 Å². The summed E-state index contributed by atoms with van der Waals surface area (Å²) in [5.41, 5.74) is 5.40. The number of carbonyl (C=O) groups is 1. The van der Waals surface area contributed by atoms with Crippen molar-refractivity contribution in [2.45, 2.75) is 26.7 Å². The van der Waals surface area contributed by atoms with Gasteiger partial charge in [-0.05, 0) is 74.3 Å². The van der Waals surface area contributed by atoms with Crippen LogP contribution in [0.25, 0.3) is 5.57 Å². The summed E-state index contributed by atoms with van der Waals surface area (Å²) in [5, 5.41) is 6.62. The number of amides is 1. The molecular weight excluding hydrogens is 350 g/mol. The van der Waals surface area contributed by atoms with Crippen LogP contribution in [0.3, 0.4) is 0 Å². The molecule has 1 aliphatic heterocycles. The third-order valence-electron chi connectivity index (χ3n) is 5.30. The van der Waals surface area contributed by atoms with Crippen molar-refractivity contribution in [2.24, 2.45) is 5.18 Å². The standard InChI is InChI=1S/C23H27N3O2/c1-3-26(4-2)23(27)19-11-9-17(10-12-19)22(18-13-15-24-16-14-18)20-7-5-6-8-21(20)25-28/h5-12,24H,3-4,13-16H2,1-2H3. The maximum absolute atomic E-state index is 12.6. The Morgan fingerprint density at radius 2 is 1.57 bits per heavy atom. The van der Waals surface area contributed by atoms with Crippen LogP contribution in [0.15, 0.2) is 59.3 Å². The second-order valence-electron chi connectivity index (χ2n) is 6.89. The van der Waals surface area contributed by atoms with Crippen molar-refractivity contribution in [1.82, 2.24) is 10.2 Å². The van der Waals surface area contributed by atoms with Gasteiger partial charge in [0.2, 0.25) is 0 Å². The summed E-state index contributed by atoms with van der Waals surface area (Å²) in [4.78, 5) is 25.8. The van der Waals surface area contributed by atoms with Crippen LogP contribution in [-0.2, 0) is 0 Å². The molecule has 5 heteroatoms. The average Bonchev–Trinajstić information content (AvgIpc) is 2.76. The fourth-order valence-corrected chi connectivity index (χ4v) is 3.77. The van der Waals surface area contributed by atoms with Gasteiger partial charge in [-0.3, -0.25) is 4.79 Å². The highest BCUT2D eigenvalue weighted by atomic mass is 16.3. The van der Waals surface area contributed by atoms with Gasteiger partial charge in [0.25, 0.3) is 5.91 Å². The van der Waals surface area contributed by atoms with Crippen LogP contribution in [0.4, 0.5) is 5.69 Å². The molecule has 0 atom stereocenters. The Morgan fingerprint density at radius 1 is 0.964 bits per heavy atom. The highest BCUT2D eigenvalue weighted by Gasteiger charge is 2.19. The quantitative estimate of drug-likeness (QED) is 0.739. The minimum Gasteiger partial charge on any atom is -0.339 e. The molecule has 1 aliphatic rings. The number of carbonyl (C=O) groups excluding carboxylic acids is 1. The van der Waals surface area contributed by atoms with Crippen molar-refractivity contribution in [3.63, 3.8) is 0 Å². The largest absolute Gasteiger partial charge is 0.339 e. The van der Waals surface area contributed by atoms with E-state index in [1.807, 2.05) is 61.2 Å². The van der Waals surface area contributed by atoms with Crippen molar-refractivity contribution in [3.05, 3.63) is 75.7 Å². The topological polar surface area (TPSA) is 61.8 Å². The van der Waals surface area contributed by atoms with E-state index >= 15 is 0 Å². The summed E-state index contributed by atoms with van der Waals surface area (Å²) in [6, 6.07) is 15.2. The summed E-state index contributed by atoms with van der Waals surface area (Å²) >= 11 is 0. The number of hydrogen-bond acceptors (Lipinski definition) is 4. The summed E-state index contributed by atoms with van der Waals surface area (Å²) < 4.78 is 0. The van der Waals surface area contributed by atoms with Gasteiger partial charge in [-0.25, -0.2) is 0 Å². The van der Waals surface area contributed by atoms with Gasteiger partial charge in [0.05, 0.1) is 0 Å². The first kappa shape index (κ1) is 20.0. The molecule has 5 nitrogen and oxygen atoms in total. The first-order valence-electron chi connectivity index (χ1n) is 9.94. The Labute approximate surface area is 166 Å². The van der Waals surface area contributed by atoms with E-state index in [2.05, 4.69) is 10.5 Å². The molecule has 1 N–H and O–H groups in total. The minimum absolute atomic E-state index is 0.0441. The van der Waals surface area contributed by atoms with Gasteiger partial charge in [0.1, 0.15) is 5.69 Å². The first-order valence-corrected chi connectivity index (χ1v) is 9.94. The highest BCUT2D eigenvalue weighted by molar-refractivity contribution is 5.95. The first-order chi connectivity index (χ1) is 13.7. The van der Waals surface area contributed by atoms with E-state index in [1.165, 1.54) is 5.57 Å². The van der Waals surface area contributed by atoms with E-state index in [0.29, 0.717) is 24.3 Å². The van der Waals surface area contributed by atoms with Crippen LogP contribution < -0.4 is 5.32 Å². The van der Waals surface area contributed by atoms with E-state index in [-0.39, 0.29) is 5.91 Å². The molecule has 2 aromatic rings. The van der Waals surface area contributed by atoms with Crippen LogP contribution >= 0.6 is 0 Å². The smallest absolute Gasteiger partial charge is 0.253 e. The van der Waals surface area contributed by atoms with Crippen LogP contribution in [0.2, 0.25) is 0 Å². The Kier molecular flexibility index (Phi) is 6.71. The molecule has 3 rings (SSSR count). The molecule has 1 saturated heterocycles. The molecule has 146 valence electrons. The van der Waals surface area contributed by atoms with E-state index in [4.69, 9.17) is 0 Å². The zero-order valence-electron chi connectivity index (χ0n) is 16.6. The van der Waals surface area contributed by atoms with Crippen molar-refractivity contribution >= 4 is 17.2 Å². The van der Waals surface area contributed by atoms with Gasteiger partial charge in [-0.15, -0.1) is 4.91 Å². The number of nitroso groups, excluding NO2 is 1. The zero-order valence-corrected chi connectivity index (χ0v) is 16.6. The van der Waals surface area contributed by atoms with Crippen LogP contribution in [0.5, 0.6) is 0 Å². The minimum atomic E-state index is 0.0441. The second-order valence-corrected chi connectivity index (χ2v) is 6.89. The number of rotatable bonds is 6. The lowest BCUT2D eigenvalue weighted by molar-refractivity contribution is 0.0773. The zero-order chi connectivity index (χ0) is 19.9. The summed E-state index contributed by atoms with van der Waals surface area (Å²) in [5.74, 6) is 0.0441. The Hall–Kier alpha value is -2.79. The van der Waals surface area contributed by atoms with Crippen LogP contribution in [-0.4, -0.2) is 37.0 Å². The Morgan fingerprint density at radius 3 is 2.18 bits per heavy atom. The lowest BCUT2D eigenvalue weighted by atomic mass is 9.87. The van der Waals surface area contributed by atoms with E-state index in [9.17, 15) is 9.70 Å². The number of nitrogens with zero attached hydrogens (tertiary/aromatic N) is 2. The number of benzene rings is 2. The molecule has 0 saturated carbocycles. The maximum atomic E-state index is 12.6. The highest BCUT2D eigenvalue weighted by Crippen LogP contribution is 2.36. The van der Waals surface area contributed by atoms with Crippen molar-refractivity contribution in [1.29, 1.82) is 0 Å². The molecule has 1 heterocycles. The van der Waals surface area contributed by atoms with Crippen molar-refractivity contribution < 1.29 is 4.79 Å². The number of nitrogens with one attached hydrogen (secondary N) is 1. The van der Waals surface area contributed by atoms with Gasteiger partial charge >= 0.3 is 0 Å². The van der Waals surface area contributed by atoms with Crippen molar-refractivity contribution in [2.75, 3.05) is 26.2 Å². The van der Waals surface area contributed by atoms with Gasteiger partial charge in [-0.1, -0.05) is 35.9 Å². The van der Waals surface area contributed by atoms with E-state index < -0.39 is 0 Å². The molecular formula is C23H27N3O2. The van der Waals surface area contributed by atoms with Crippen LogP contribution in [0.1, 0.15) is 48.2 Å². The van der Waals surface area contributed by atoms with Gasteiger partial charge in [0, 0.05) is 24.2 Å². The molecule has 1 fully saturated rings. The normalized spacial score (nSPS) is 13.9. The summed E-state index contributed by atoms with van der Waals surface area (Å²) in [6.07, 6.45) is 1.87. The monoisotopic (exact) mass is 377 g/mol. The molecule has 0 radical (unpaired) electrons. The molecule has 2 aromatic carbocycles. The van der Waals surface area contributed by atoms with Crippen LogP contribution in [0, 0.1) is 4.91 Å². The fraction of sp³-hybridized carbons (Fsp3) is 0.348. The third kappa shape index (κ3) is 4.20. The van der Waals surface area contributed by atoms with Gasteiger partial charge in [-0.2, -0.15) is 0 Å². The van der Waals surface area contributed by atoms with Crippen molar-refractivity contribution in [3.8, 4) is 0 Å². The number of hydrogen-bond donors (Lipinski definition) is 1. The predicted molar refractivity (Wildman–Crippen MR) is 114 cm³/mol. The predicted octanol–water partition coefficient (Wildman–Crippen LogP) is 4.75. The van der Waals surface area contributed by atoms with E-state index in [1.54, 1.807) is 6.07 Å². The maximum Gasteiger partial charge on any atom is 0.253 e. The third-order valence-corrected chi connectivity index (χ3v) is 5.30. The van der Waals surface area contributed by atoms with Gasteiger partial charge in [0.15, 0.2) is 0 Å². The van der Waals surface area contributed by atoms with E-state index in [0.717, 1.165) is 42.6 Å². The molecule has 28 heavy (non-hydrogen) atoms. The molecule has 0 aromatic heterocycles. The lowest BCUT2D eigenvalue weighted by Crippen LogP contribution is -2.30. The SMILES string of the molecule is CCN(CC)C(=O)c1ccc(C(=C2CCNCC2)c2ccccc2N=O)cc1. The molecule has 1 amide bonds. The fourth-order valence-electron chi connectivity index (χ4n) is 3.77. The summed E-state index contributed by atoms with van der Waals surface area (Å²) in [7, 11) is 0. The lowest BCUT2D eigenvalue weighted by Gasteiger charge is -2.22. The molecule has 0 spiro atoms. The molecule has 0 bridgehead atoms. The average molecular weight is 377 g/mol. The summed E-state index contributed by atoms with van der Waals surface area (Å²) in [6.45, 7) is 7.20. The molecule has 0 unspecified atom stereocenters. The Bertz CT molecular complexity index is 860. The molecule has 0 aliphatic carbocycles. The second kappa shape index (κ2) is 9.42. The number of piperidine rings is 1.